The SMILES string of the molecule is CC1=C[C@@H](c2ccc(O)cc2O)[C@H]2C[C@@H]1C2(C)C. The fourth-order valence-corrected chi connectivity index (χ4v) is 3.98. The molecule has 0 amide bonds. The molecule has 18 heavy (non-hydrogen) atoms. The zero-order valence-electron chi connectivity index (χ0n) is 11.1. The van der Waals surface area contributed by atoms with Crippen LogP contribution in [0.5, 0.6) is 11.5 Å². The molecule has 0 heterocycles. The van der Waals surface area contributed by atoms with E-state index in [4.69, 9.17) is 0 Å². The van der Waals surface area contributed by atoms with Gasteiger partial charge in [-0.05, 0) is 36.7 Å². The van der Waals surface area contributed by atoms with E-state index in [1.807, 2.05) is 6.07 Å². The van der Waals surface area contributed by atoms with Crippen molar-refractivity contribution in [3.8, 4) is 11.5 Å². The van der Waals surface area contributed by atoms with Gasteiger partial charge in [-0.2, -0.15) is 0 Å². The van der Waals surface area contributed by atoms with Crippen LogP contribution in [0.1, 0.15) is 38.7 Å². The molecule has 4 rings (SSSR count). The summed E-state index contributed by atoms with van der Waals surface area (Å²) >= 11 is 0. The van der Waals surface area contributed by atoms with Crippen LogP contribution in [-0.2, 0) is 0 Å². The fourth-order valence-electron chi connectivity index (χ4n) is 3.98. The number of aromatic hydroxyl groups is 2. The maximum atomic E-state index is 10.0. The average Bonchev–Trinajstić information content (AvgIpc) is 2.27. The van der Waals surface area contributed by atoms with Gasteiger partial charge < -0.3 is 10.2 Å². The van der Waals surface area contributed by atoms with Crippen LogP contribution in [0.2, 0.25) is 0 Å². The number of allylic oxidation sites excluding steroid dienone is 2. The first-order chi connectivity index (χ1) is 8.41. The Hall–Kier alpha value is -1.44. The summed E-state index contributed by atoms with van der Waals surface area (Å²) in [6.07, 6.45) is 3.52. The highest BCUT2D eigenvalue weighted by atomic mass is 16.3. The Morgan fingerprint density at radius 2 is 1.94 bits per heavy atom. The van der Waals surface area contributed by atoms with Crippen LogP contribution in [0, 0.1) is 17.3 Å². The molecule has 2 nitrogen and oxygen atoms in total. The monoisotopic (exact) mass is 244 g/mol. The van der Waals surface area contributed by atoms with Gasteiger partial charge in [0.1, 0.15) is 11.5 Å². The summed E-state index contributed by atoms with van der Waals surface area (Å²) in [5.74, 6) is 1.92. The van der Waals surface area contributed by atoms with Crippen LogP contribution in [0.3, 0.4) is 0 Å². The molecule has 0 spiro atoms. The van der Waals surface area contributed by atoms with Crippen molar-refractivity contribution in [2.75, 3.05) is 0 Å². The molecule has 96 valence electrons. The van der Waals surface area contributed by atoms with Gasteiger partial charge in [-0.15, -0.1) is 0 Å². The normalized spacial score (nSPS) is 32.6. The third kappa shape index (κ3) is 1.41. The molecular weight excluding hydrogens is 224 g/mol. The highest BCUT2D eigenvalue weighted by Gasteiger charge is 2.54. The maximum absolute atomic E-state index is 10.0. The average molecular weight is 244 g/mol. The summed E-state index contributed by atoms with van der Waals surface area (Å²) in [5.41, 5.74) is 2.72. The Kier molecular flexibility index (Phi) is 2.28. The molecule has 1 fully saturated rings. The molecule has 3 aliphatic carbocycles. The Labute approximate surface area is 108 Å². The second kappa shape index (κ2) is 3.53. The van der Waals surface area contributed by atoms with Gasteiger partial charge in [0.05, 0.1) is 0 Å². The Morgan fingerprint density at radius 3 is 2.50 bits per heavy atom. The number of phenolic OH excluding ortho intramolecular Hbond substituents is 2. The number of hydrogen-bond donors (Lipinski definition) is 2. The lowest BCUT2D eigenvalue weighted by atomic mass is 9.45. The van der Waals surface area contributed by atoms with Crippen LogP contribution in [0.15, 0.2) is 29.8 Å². The first-order valence-electron chi connectivity index (χ1n) is 6.61. The zero-order valence-corrected chi connectivity index (χ0v) is 11.1. The van der Waals surface area contributed by atoms with Crippen molar-refractivity contribution in [3.05, 3.63) is 35.4 Å². The minimum atomic E-state index is 0.124. The van der Waals surface area contributed by atoms with E-state index in [1.54, 1.807) is 6.07 Å². The lowest BCUT2D eigenvalue weighted by molar-refractivity contribution is -0.0194. The molecule has 3 atom stereocenters. The topological polar surface area (TPSA) is 40.5 Å². The van der Waals surface area contributed by atoms with E-state index < -0.39 is 0 Å². The van der Waals surface area contributed by atoms with Crippen molar-refractivity contribution < 1.29 is 10.2 Å². The molecule has 0 radical (unpaired) electrons. The second-order valence-corrected chi connectivity index (χ2v) is 6.40. The summed E-state index contributed by atoms with van der Waals surface area (Å²) in [5, 5.41) is 19.4. The van der Waals surface area contributed by atoms with Gasteiger partial charge >= 0.3 is 0 Å². The van der Waals surface area contributed by atoms with E-state index in [-0.39, 0.29) is 17.4 Å². The van der Waals surface area contributed by atoms with Crippen molar-refractivity contribution in [1.82, 2.24) is 0 Å². The van der Waals surface area contributed by atoms with E-state index in [9.17, 15) is 10.2 Å². The molecule has 2 bridgehead atoms. The summed E-state index contributed by atoms with van der Waals surface area (Å²) in [7, 11) is 0. The van der Waals surface area contributed by atoms with Crippen molar-refractivity contribution in [2.45, 2.75) is 33.1 Å². The van der Waals surface area contributed by atoms with E-state index in [1.165, 1.54) is 18.1 Å². The number of rotatable bonds is 1. The van der Waals surface area contributed by atoms with Crippen molar-refractivity contribution in [3.63, 3.8) is 0 Å². The molecule has 0 aliphatic heterocycles. The van der Waals surface area contributed by atoms with E-state index in [0.29, 0.717) is 17.3 Å². The molecule has 0 saturated heterocycles. The molecule has 0 aromatic heterocycles. The highest BCUT2D eigenvalue weighted by Crippen LogP contribution is 2.64. The van der Waals surface area contributed by atoms with Gasteiger partial charge in [0, 0.05) is 17.5 Å². The van der Waals surface area contributed by atoms with E-state index in [2.05, 4.69) is 26.8 Å². The van der Waals surface area contributed by atoms with Crippen LogP contribution in [-0.4, -0.2) is 10.2 Å². The van der Waals surface area contributed by atoms with Gasteiger partial charge in [0.25, 0.3) is 0 Å². The highest BCUT2D eigenvalue weighted by molar-refractivity contribution is 5.46. The van der Waals surface area contributed by atoms with E-state index in [0.717, 1.165) is 5.56 Å². The minimum Gasteiger partial charge on any atom is -0.508 e. The number of fused-ring (bicyclic) bond motifs is 1. The quantitative estimate of drug-likeness (QED) is 0.738. The third-order valence-electron chi connectivity index (χ3n) is 5.14. The van der Waals surface area contributed by atoms with Crippen LogP contribution < -0.4 is 0 Å². The summed E-state index contributed by atoms with van der Waals surface area (Å²) < 4.78 is 0. The summed E-state index contributed by atoms with van der Waals surface area (Å²) in [4.78, 5) is 0. The number of hydrogen-bond acceptors (Lipinski definition) is 2. The lowest BCUT2D eigenvalue weighted by Crippen LogP contribution is -2.50. The molecular formula is C16H20O2. The van der Waals surface area contributed by atoms with Gasteiger partial charge in [0.2, 0.25) is 0 Å². The Morgan fingerprint density at radius 1 is 1.22 bits per heavy atom. The zero-order chi connectivity index (χ0) is 13.1. The summed E-state index contributed by atoms with van der Waals surface area (Å²) in [6.45, 7) is 6.85. The first-order valence-corrected chi connectivity index (χ1v) is 6.61. The van der Waals surface area contributed by atoms with Gasteiger partial charge in [0.15, 0.2) is 0 Å². The molecule has 1 aromatic carbocycles. The smallest absolute Gasteiger partial charge is 0.123 e. The van der Waals surface area contributed by atoms with Gasteiger partial charge in [-0.3, -0.25) is 0 Å². The molecule has 2 heteroatoms. The standard InChI is InChI=1S/C16H20O2/c1-9-6-12(14-8-13(9)16(14,2)3)11-5-4-10(17)7-15(11)18/h4-7,12-14,17-18H,8H2,1-3H3/t12-,13-,14+/m0/s1. The van der Waals surface area contributed by atoms with Crippen molar-refractivity contribution >= 4 is 0 Å². The molecule has 3 aliphatic rings. The van der Waals surface area contributed by atoms with Gasteiger partial charge in [-0.25, -0.2) is 0 Å². The summed E-state index contributed by atoms with van der Waals surface area (Å²) in [6, 6.07) is 4.96. The molecule has 1 saturated carbocycles. The second-order valence-electron chi connectivity index (χ2n) is 6.40. The fraction of sp³-hybridized carbons (Fsp3) is 0.500. The molecule has 2 N–H and O–H groups in total. The first kappa shape index (κ1) is 11.6. The van der Waals surface area contributed by atoms with Crippen LogP contribution >= 0.6 is 0 Å². The maximum Gasteiger partial charge on any atom is 0.123 e. The molecule has 0 unspecified atom stereocenters. The number of phenols is 2. The third-order valence-corrected chi connectivity index (χ3v) is 5.14. The lowest BCUT2D eigenvalue weighted by Gasteiger charge is -2.59. The van der Waals surface area contributed by atoms with Crippen molar-refractivity contribution in [1.29, 1.82) is 0 Å². The minimum absolute atomic E-state index is 0.124. The van der Waals surface area contributed by atoms with Crippen LogP contribution in [0.25, 0.3) is 0 Å². The molecule has 1 aromatic rings. The number of benzene rings is 1. The van der Waals surface area contributed by atoms with Gasteiger partial charge in [-0.1, -0.05) is 31.6 Å². The van der Waals surface area contributed by atoms with Crippen molar-refractivity contribution in [2.24, 2.45) is 17.3 Å². The Bertz CT molecular complexity index is 528. The van der Waals surface area contributed by atoms with Crippen LogP contribution in [0.4, 0.5) is 0 Å². The predicted molar refractivity (Wildman–Crippen MR) is 71.6 cm³/mol. The predicted octanol–water partition coefficient (Wildman–Crippen LogP) is 3.80. The Balaban J connectivity index is 2.05. The van der Waals surface area contributed by atoms with E-state index >= 15 is 0 Å². The largest absolute Gasteiger partial charge is 0.508 e.